The largest absolute Gasteiger partial charge is 0.482 e. The third kappa shape index (κ3) is 4.86. The summed E-state index contributed by atoms with van der Waals surface area (Å²) in [5.41, 5.74) is 3.17. The summed E-state index contributed by atoms with van der Waals surface area (Å²) in [6.45, 7) is 5.48. The van der Waals surface area contributed by atoms with Gasteiger partial charge in [0, 0.05) is 24.8 Å². The number of carboxylic acid groups (broad SMARTS) is 1. The van der Waals surface area contributed by atoms with Gasteiger partial charge in [0.15, 0.2) is 6.61 Å². The molecule has 1 atom stereocenters. The second-order valence-corrected chi connectivity index (χ2v) is 6.92. The highest BCUT2D eigenvalue weighted by Crippen LogP contribution is 2.22. The molecule has 2 aromatic rings. The third-order valence-electron chi connectivity index (χ3n) is 4.73. The van der Waals surface area contributed by atoms with E-state index in [1.807, 2.05) is 48.2 Å². The molecule has 0 aromatic heterocycles. The standard InChI is InChI=1S/C21H24N2O4/c1-15-3-7-18(8-4-15)23-11-16(2)22(13-20(23)24)12-17-5-9-19(10-6-17)27-14-21(25)26/h3-10,16H,11-14H2,1-2H3,(H,25,26). The zero-order valence-electron chi connectivity index (χ0n) is 15.6. The lowest BCUT2D eigenvalue weighted by molar-refractivity contribution is -0.139. The number of nitrogens with zero attached hydrogens (tertiary/aromatic N) is 2. The Morgan fingerprint density at radius 3 is 2.44 bits per heavy atom. The van der Waals surface area contributed by atoms with Gasteiger partial charge in [-0.1, -0.05) is 29.8 Å². The molecule has 0 aliphatic carbocycles. The van der Waals surface area contributed by atoms with Crippen LogP contribution in [0.1, 0.15) is 18.1 Å². The fraction of sp³-hybridized carbons (Fsp3) is 0.333. The lowest BCUT2D eigenvalue weighted by atomic mass is 10.1. The second kappa shape index (κ2) is 8.22. The van der Waals surface area contributed by atoms with Gasteiger partial charge in [-0.3, -0.25) is 9.69 Å². The second-order valence-electron chi connectivity index (χ2n) is 6.92. The Balaban J connectivity index is 1.61. The number of piperazine rings is 1. The van der Waals surface area contributed by atoms with E-state index in [2.05, 4.69) is 11.8 Å². The summed E-state index contributed by atoms with van der Waals surface area (Å²) < 4.78 is 5.15. The van der Waals surface area contributed by atoms with Crippen molar-refractivity contribution < 1.29 is 19.4 Å². The molecule has 3 rings (SSSR count). The van der Waals surface area contributed by atoms with Gasteiger partial charge in [-0.15, -0.1) is 0 Å². The molecular weight excluding hydrogens is 344 g/mol. The van der Waals surface area contributed by atoms with Gasteiger partial charge < -0.3 is 14.7 Å². The van der Waals surface area contributed by atoms with Crippen LogP contribution < -0.4 is 9.64 Å². The Bertz CT molecular complexity index is 802. The predicted molar refractivity (Wildman–Crippen MR) is 103 cm³/mol. The highest BCUT2D eigenvalue weighted by molar-refractivity contribution is 5.95. The molecule has 0 bridgehead atoms. The maximum Gasteiger partial charge on any atom is 0.341 e. The van der Waals surface area contributed by atoms with Crippen molar-refractivity contribution in [2.45, 2.75) is 26.4 Å². The Kier molecular flexibility index (Phi) is 5.76. The van der Waals surface area contributed by atoms with Crippen LogP contribution in [0.25, 0.3) is 0 Å². The van der Waals surface area contributed by atoms with Crippen LogP contribution in [-0.2, 0) is 16.1 Å². The highest BCUT2D eigenvalue weighted by atomic mass is 16.5. The average molecular weight is 368 g/mol. The average Bonchev–Trinajstić information content (AvgIpc) is 2.64. The number of carbonyl (C=O) groups is 2. The SMILES string of the molecule is Cc1ccc(N2CC(C)N(Cc3ccc(OCC(=O)O)cc3)CC2=O)cc1. The van der Waals surface area contributed by atoms with E-state index in [1.54, 1.807) is 12.1 Å². The molecule has 1 aliphatic rings. The van der Waals surface area contributed by atoms with Crippen LogP contribution in [0.2, 0.25) is 0 Å². The van der Waals surface area contributed by atoms with E-state index in [1.165, 1.54) is 5.56 Å². The molecule has 27 heavy (non-hydrogen) atoms. The van der Waals surface area contributed by atoms with Crippen LogP contribution in [0.3, 0.4) is 0 Å². The lowest BCUT2D eigenvalue weighted by Crippen LogP contribution is -2.54. The molecule has 1 N–H and O–H groups in total. The van der Waals surface area contributed by atoms with Crippen molar-refractivity contribution in [3.05, 3.63) is 59.7 Å². The molecule has 0 saturated carbocycles. The number of ether oxygens (including phenoxy) is 1. The van der Waals surface area contributed by atoms with Gasteiger partial charge >= 0.3 is 5.97 Å². The predicted octanol–water partition coefficient (Wildman–Crippen LogP) is 2.70. The van der Waals surface area contributed by atoms with E-state index in [4.69, 9.17) is 9.84 Å². The molecule has 0 spiro atoms. The molecule has 0 radical (unpaired) electrons. The molecule has 1 amide bonds. The van der Waals surface area contributed by atoms with Crippen molar-refractivity contribution in [1.29, 1.82) is 0 Å². The quantitative estimate of drug-likeness (QED) is 0.849. The van der Waals surface area contributed by atoms with Gasteiger partial charge in [-0.05, 0) is 43.7 Å². The zero-order valence-corrected chi connectivity index (χ0v) is 15.6. The Hall–Kier alpha value is -2.86. The molecule has 1 aliphatic heterocycles. The summed E-state index contributed by atoms with van der Waals surface area (Å²) in [6, 6.07) is 15.6. The molecule has 6 heteroatoms. The fourth-order valence-corrected chi connectivity index (χ4v) is 3.15. The van der Waals surface area contributed by atoms with E-state index in [0.29, 0.717) is 25.4 Å². The minimum Gasteiger partial charge on any atom is -0.482 e. The third-order valence-corrected chi connectivity index (χ3v) is 4.73. The lowest BCUT2D eigenvalue weighted by Gasteiger charge is -2.39. The molecule has 1 unspecified atom stereocenters. The maximum absolute atomic E-state index is 12.6. The number of carbonyl (C=O) groups excluding carboxylic acids is 1. The smallest absolute Gasteiger partial charge is 0.341 e. The molecule has 6 nitrogen and oxygen atoms in total. The van der Waals surface area contributed by atoms with Crippen molar-refractivity contribution in [3.63, 3.8) is 0 Å². The van der Waals surface area contributed by atoms with Crippen molar-refractivity contribution >= 4 is 17.6 Å². The van der Waals surface area contributed by atoms with Crippen LogP contribution in [-0.4, -0.2) is 47.6 Å². The summed E-state index contributed by atoms with van der Waals surface area (Å²) in [5.74, 6) is -0.384. The number of hydrogen-bond donors (Lipinski definition) is 1. The van der Waals surface area contributed by atoms with Gasteiger partial charge in [0.05, 0.1) is 6.54 Å². The van der Waals surface area contributed by atoms with Crippen molar-refractivity contribution in [1.82, 2.24) is 4.90 Å². The normalized spacial score (nSPS) is 17.8. The molecular formula is C21H24N2O4. The fourth-order valence-electron chi connectivity index (χ4n) is 3.15. The zero-order chi connectivity index (χ0) is 19.4. The number of rotatable bonds is 6. The first-order valence-corrected chi connectivity index (χ1v) is 8.97. The number of benzene rings is 2. The van der Waals surface area contributed by atoms with Crippen LogP contribution in [0.15, 0.2) is 48.5 Å². The first-order chi connectivity index (χ1) is 12.9. The van der Waals surface area contributed by atoms with Crippen LogP contribution in [0, 0.1) is 6.92 Å². The molecule has 1 saturated heterocycles. The van der Waals surface area contributed by atoms with E-state index >= 15 is 0 Å². The molecule has 2 aromatic carbocycles. The summed E-state index contributed by atoms with van der Waals surface area (Å²) in [4.78, 5) is 27.2. The maximum atomic E-state index is 12.6. The van der Waals surface area contributed by atoms with Crippen LogP contribution in [0.4, 0.5) is 5.69 Å². The number of amides is 1. The summed E-state index contributed by atoms with van der Waals surface area (Å²) >= 11 is 0. The van der Waals surface area contributed by atoms with Gasteiger partial charge in [-0.2, -0.15) is 0 Å². The minimum absolute atomic E-state index is 0.0957. The summed E-state index contributed by atoms with van der Waals surface area (Å²) in [5, 5.41) is 8.65. The van der Waals surface area contributed by atoms with Crippen LogP contribution >= 0.6 is 0 Å². The minimum atomic E-state index is -1.00. The number of aryl methyl sites for hydroxylation is 1. The van der Waals surface area contributed by atoms with E-state index in [0.717, 1.165) is 11.3 Å². The first-order valence-electron chi connectivity index (χ1n) is 8.97. The first kappa shape index (κ1) is 18.9. The summed E-state index contributed by atoms with van der Waals surface area (Å²) in [7, 11) is 0. The number of carboxylic acids is 1. The van der Waals surface area contributed by atoms with E-state index in [-0.39, 0.29) is 18.6 Å². The molecule has 1 fully saturated rings. The molecule has 1 heterocycles. The van der Waals surface area contributed by atoms with E-state index in [9.17, 15) is 9.59 Å². The molecule has 142 valence electrons. The van der Waals surface area contributed by atoms with Gasteiger partial charge in [0.2, 0.25) is 5.91 Å². The van der Waals surface area contributed by atoms with E-state index < -0.39 is 5.97 Å². The van der Waals surface area contributed by atoms with Gasteiger partial charge in [-0.25, -0.2) is 4.79 Å². The van der Waals surface area contributed by atoms with Crippen LogP contribution in [0.5, 0.6) is 5.75 Å². The van der Waals surface area contributed by atoms with Crippen molar-refractivity contribution in [2.75, 3.05) is 24.6 Å². The number of hydrogen-bond acceptors (Lipinski definition) is 4. The topological polar surface area (TPSA) is 70.1 Å². The Morgan fingerprint density at radius 2 is 1.81 bits per heavy atom. The Labute approximate surface area is 159 Å². The van der Waals surface area contributed by atoms with Gasteiger partial charge in [0.25, 0.3) is 0 Å². The summed E-state index contributed by atoms with van der Waals surface area (Å²) in [6.07, 6.45) is 0. The van der Waals surface area contributed by atoms with Crippen molar-refractivity contribution in [3.8, 4) is 5.75 Å². The Morgan fingerprint density at radius 1 is 1.15 bits per heavy atom. The highest BCUT2D eigenvalue weighted by Gasteiger charge is 2.30. The number of anilines is 1. The van der Waals surface area contributed by atoms with Crippen molar-refractivity contribution in [2.24, 2.45) is 0 Å². The van der Waals surface area contributed by atoms with Gasteiger partial charge in [0.1, 0.15) is 5.75 Å². The monoisotopic (exact) mass is 368 g/mol. The number of aliphatic carboxylic acids is 1.